The van der Waals surface area contributed by atoms with Crippen LogP contribution < -0.4 is 5.32 Å². The second-order valence-electron chi connectivity index (χ2n) is 4.92. The van der Waals surface area contributed by atoms with Crippen LogP contribution >= 0.6 is 0 Å². The third kappa shape index (κ3) is 5.16. The molecule has 19 heavy (non-hydrogen) atoms. The maximum Gasteiger partial charge on any atom is 0.411 e. The summed E-state index contributed by atoms with van der Waals surface area (Å²) in [6.07, 6.45) is 10.3. The van der Waals surface area contributed by atoms with Gasteiger partial charge >= 0.3 is 6.09 Å². The van der Waals surface area contributed by atoms with Crippen LogP contribution in [0.5, 0.6) is 0 Å². The Balaban J connectivity index is 1.65. The Kier molecular flexibility index (Phi) is 5.48. The Bertz CT molecular complexity index is 408. The molecule has 1 amide bonds. The van der Waals surface area contributed by atoms with Crippen molar-refractivity contribution in [1.82, 2.24) is 0 Å². The minimum Gasteiger partial charge on any atom is -0.445 e. The normalized spacial score (nSPS) is 16.4. The van der Waals surface area contributed by atoms with E-state index in [2.05, 4.69) is 11.4 Å². The summed E-state index contributed by atoms with van der Waals surface area (Å²) in [6.45, 7) is 0.342. The van der Waals surface area contributed by atoms with Crippen LogP contribution in [0.15, 0.2) is 42.5 Å². The molecule has 102 valence electrons. The lowest BCUT2D eigenvalue weighted by Crippen LogP contribution is -2.13. The van der Waals surface area contributed by atoms with Gasteiger partial charge in [-0.05, 0) is 30.9 Å². The molecular formula is C16H21NO2. The molecule has 0 saturated heterocycles. The SMILES string of the molecule is O=C(Nc1ccccc1)OC/C=C/C1CCCCC1. The quantitative estimate of drug-likeness (QED) is 0.815. The van der Waals surface area contributed by atoms with E-state index in [1.54, 1.807) is 0 Å². The van der Waals surface area contributed by atoms with Gasteiger partial charge in [-0.1, -0.05) is 49.6 Å². The highest BCUT2D eigenvalue weighted by atomic mass is 16.5. The number of hydrogen-bond acceptors (Lipinski definition) is 2. The van der Waals surface area contributed by atoms with Crippen molar-refractivity contribution in [1.29, 1.82) is 0 Å². The fourth-order valence-corrected chi connectivity index (χ4v) is 2.37. The molecule has 0 spiro atoms. The van der Waals surface area contributed by atoms with Crippen molar-refractivity contribution in [3.8, 4) is 0 Å². The summed E-state index contributed by atoms with van der Waals surface area (Å²) in [7, 11) is 0. The van der Waals surface area contributed by atoms with Gasteiger partial charge in [-0.25, -0.2) is 4.79 Å². The molecule has 1 aliphatic rings. The van der Waals surface area contributed by atoms with Crippen molar-refractivity contribution in [3.63, 3.8) is 0 Å². The standard InChI is InChI=1S/C16H21NO2/c18-16(17-15-11-5-2-6-12-15)19-13-7-10-14-8-3-1-4-9-14/h2,5-7,10-12,14H,1,3-4,8-9,13H2,(H,17,18)/b10-7+. The minimum atomic E-state index is -0.403. The number of rotatable bonds is 4. The number of benzene rings is 1. The van der Waals surface area contributed by atoms with Gasteiger partial charge in [0.25, 0.3) is 0 Å². The summed E-state index contributed by atoms with van der Waals surface area (Å²) in [4.78, 5) is 11.5. The van der Waals surface area contributed by atoms with Crippen LogP contribution in [0.4, 0.5) is 10.5 Å². The number of ether oxygens (including phenoxy) is 1. The zero-order valence-electron chi connectivity index (χ0n) is 11.2. The summed E-state index contributed by atoms with van der Waals surface area (Å²) in [5.41, 5.74) is 0.753. The van der Waals surface area contributed by atoms with Crippen molar-refractivity contribution in [2.45, 2.75) is 32.1 Å². The molecule has 1 aliphatic carbocycles. The zero-order valence-corrected chi connectivity index (χ0v) is 11.2. The third-order valence-corrected chi connectivity index (χ3v) is 3.39. The molecule has 1 aromatic rings. The van der Waals surface area contributed by atoms with E-state index in [1.165, 1.54) is 32.1 Å². The highest BCUT2D eigenvalue weighted by Crippen LogP contribution is 2.24. The number of amides is 1. The van der Waals surface area contributed by atoms with Crippen molar-refractivity contribution >= 4 is 11.8 Å². The monoisotopic (exact) mass is 259 g/mol. The van der Waals surface area contributed by atoms with Gasteiger partial charge in [0, 0.05) is 5.69 Å². The average Bonchev–Trinajstić information content (AvgIpc) is 2.46. The highest BCUT2D eigenvalue weighted by molar-refractivity contribution is 5.84. The van der Waals surface area contributed by atoms with Crippen LogP contribution in [-0.2, 0) is 4.74 Å². The van der Waals surface area contributed by atoms with Crippen molar-refractivity contribution in [3.05, 3.63) is 42.5 Å². The van der Waals surface area contributed by atoms with Gasteiger partial charge in [0.2, 0.25) is 0 Å². The van der Waals surface area contributed by atoms with Crippen LogP contribution in [0, 0.1) is 5.92 Å². The fourth-order valence-electron chi connectivity index (χ4n) is 2.37. The molecule has 1 saturated carbocycles. The number of carbonyl (C=O) groups is 1. The van der Waals surface area contributed by atoms with E-state index in [0.717, 1.165) is 5.69 Å². The molecule has 0 heterocycles. The maximum absolute atomic E-state index is 11.5. The Morgan fingerprint density at radius 1 is 1.21 bits per heavy atom. The molecule has 1 N–H and O–H groups in total. The second kappa shape index (κ2) is 7.62. The lowest BCUT2D eigenvalue weighted by molar-refractivity contribution is 0.174. The Morgan fingerprint density at radius 2 is 1.95 bits per heavy atom. The van der Waals surface area contributed by atoms with Crippen LogP contribution in [0.3, 0.4) is 0 Å². The minimum absolute atomic E-state index is 0.342. The molecule has 0 unspecified atom stereocenters. The molecule has 0 radical (unpaired) electrons. The van der Waals surface area contributed by atoms with Crippen LogP contribution in [0.25, 0.3) is 0 Å². The van der Waals surface area contributed by atoms with Crippen molar-refractivity contribution < 1.29 is 9.53 Å². The molecule has 3 nitrogen and oxygen atoms in total. The van der Waals surface area contributed by atoms with E-state index in [0.29, 0.717) is 12.5 Å². The van der Waals surface area contributed by atoms with Crippen LogP contribution in [0.1, 0.15) is 32.1 Å². The van der Waals surface area contributed by atoms with E-state index in [-0.39, 0.29) is 0 Å². The summed E-state index contributed by atoms with van der Waals surface area (Å²) in [6, 6.07) is 9.32. The molecule has 0 atom stereocenters. The summed E-state index contributed by atoms with van der Waals surface area (Å²) >= 11 is 0. The first-order valence-electron chi connectivity index (χ1n) is 7.00. The van der Waals surface area contributed by atoms with Crippen LogP contribution in [0.2, 0.25) is 0 Å². The number of nitrogens with one attached hydrogen (secondary N) is 1. The molecule has 3 heteroatoms. The summed E-state index contributed by atoms with van der Waals surface area (Å²) < 4.78 is 5.10. The maximum atomic E-state index is 11.5. The number of para-hydroxylation sites is 1. The number of allylic oxidation sites excluding steroid dienone is 1. The smallest absolute Gasteiger partial charge is 0.411 e. The number of carbonyl (C=O) groups excluding carboxylic acids is 1. The molecule has 1 fully saturated rings. The van der Waals surface area contributed by atoms with Gasteiger partial charge < -0.3 is 4.74 Å². The van der Waals surface area contributed by atoms with Gasteiger partial charge in [0.05, 0.1) is 0 Å². The fraction of sp³-hybridized carbons (Fsp3) is 0.438. The van der Waals surface area contributed by atoms with Gasteiger partial charge in [-0.2, -0.15) is 0 Å². The first kappa shape index (κ1) is 13.7. The average molecular weight is 259 g/mol. The third-order valence-electron chi connectivity index (χ3n) is 3.39. The Morgan fingerprint density at radius 3 is 2.68 bits per heavy atom. The second-order valence-corrected chi connectivity index (χ2v) is 4.92. The Labute approximate surface area is 114 Å². The van der Waals surface area contributed by atoms with E-state index in [9.17, 15) is 4.79 Å². The lowest BCUT2D eigenvalue weighted by Gasteiger charge is -2.17. The molecule has 2 rings (SSSR count). The Hall–Kier alpha value is -1.77. The topological polar surface area (TPSA) is 38.3 Å². The van der Waals surface area contributed by atoms with Crippen LogP contribution in [-0.4, -0.2) is 12.7 Å². The van der Waals surface area contributed by atoms with E-state index in [1.807, 2.05) is 36.4 Å². The van der Waals surface area contributed by atoms with E-state index >= 15 is 0 Å². The van der Waals surface area contributed by atoms with Crippen molar-refractivity contribution in [2.24, 2.45) is 5.92 Å². The number of anilines is 1. The van der Waals surface area contributed by atoms with E-state index < -0.39 is 6.09 Å². The predicted molar refractivity (Wildman–Crippen MR) is 77.1 cm³/mol. The predicted octanol–water partition coefficient (Wildman–Crippen LogP) is 4.37. The largest absolute Gasteiger partial charge is 0.445 e. The van der Waals surface area contributed by atoms with Gasteiger partial charge in [0.15, 0.2) is 0 Å². The molecule has 0 aliphatic heterocycles. The zero-order chi connectivity index (χ0) is 13.3. The van der Waals surface area contributed by atoms with E-state index in [4.69, 9.17) is 4.74 Å². The molecule has 0 bridgehead atoms. The lowest BCUT2D eigenvalue weighted by atomic mass is 9.89. The summed E-state index contributed by atoms with van der Waals surface area (Å²) in [5, 5.41) is 2.69. The van der Waals surface area contributed by atoms with Crippen molar-refractivity contribution in [2.75, 3.05) is 11.9 Å². The molecule has 1 aromatic carbocycles. The first-order valence-corrected chi connectivity index (χ1v) is 7.00. The summed E-state index contributed by atoms with van der Waals surface area (Å²) in [5.74, 6) is 0.675. The highest BCUT2D eigenvalue weighted by Gasteiger charge is 2.09. The number of hydrogen-bond donors (Lipinski definition) is 1. The molecule has 0 aromatic heterocycles. The molecular weight excluding hydrogens is 238 g/mol. The first-order chi connectivity index (χ1) is 9.34. The van der Waals surface area contributed by atoms with Gasteiger partial charge in [-0.15, -0.1) is 0 Å². The van der Waals surface area contributed by atoms with Gasteiger partial charge in [-0.3, -0.25) is 5.32 Å². The van der Waals surface area contributed by atoms with Gasteiger partial charge in [0.1, 0.15) is 6.61 Å².